The van der Waals surface area contributed by atoms with Gasteiger partial charge in [-0.1, -0.05) is 0 Å². The second-order valence-electron chi connectivity index (χ2n) is 5.56. The second kappa shape index (κ2) is 6.32. The summed E-state index contributed by atoms with van der Waals surface area (Å²) in [6.45, 7) is 3.67. The number of hydrogen-bond acceptors (Lipinski definition) is 5. The fourth-order valence-corrected chi connectivity index (χ4v) is 2.89. The van der Waals surface area contributed by atoms with E-state index < -0.39 is 0 Å². The van der Waals surface area contributed by atoms with Crippen molar-refractivity contribution in [3.05, 3.63) is 18.2 Å². The van der Waals surface area contributed by atoms with Crippen LogP contribution in [0.4, 0.5) is 5.69 Å². The molecule has 1 fully saturated rings. The smallest absolute Gasteiger partial charge is 0.238 e. The van der Waals surface area contributed by atoms with Gasteiger partial charge in [0, 0.05) is 18.3 Å². The third-order valence-corrected chi connectivity index (χ3v) is 3.89. The number of carbonyl (C=O) groups is 1. The predicted octanol–water partition coefficient (Wildman–Crippen LogP) is 0.895. The number of carbonyl (C=O) groups excluding carboxylic acids is 1. The standard InChI is InChI=1S/C15H21N3O3/c1-16-7-11-4-5-18(8-11)9-15(19)17-12-2-3-13-14(6-12)21-10-20-13/h2-3,6,11,16H,4-5,7-10H2,1H3,(H,17,19). The lowest BCUT2D eigenvalue weighted by Gasteiger charge is -2.15. The van der Waals surface area contributed by atoms with Gasteiger partial charge < -0.3 is 20.1 Å². The molecule has 1 saturated heterocycles. The van der Waals surface area contributed by atoms with E-state index in [-0.39, 0.29) is 12.7 Å². The molecule has 3 rings (SSSR count). The van der Waals surface area contributed by atoms with Gasteiger partial charge in [0.15, 0.2) is 11.5 Å². The van der Waals surface area contributed by atoms with Crippen LogP contribution in [0, 0.1) is 5.92 Å². The second-order valence-corrected chi connectivity index (χ2v) is 5.56. The van der Waals surface area contributed by atoms with E-state index in [4.69, 9.17) is 9.47 Å². The number of rotatable bonds is 5. The maximum Gasteiger partial charge on any atom is 0.238 e. The van der Waals surface area contributed by atoms with Crippen LogP contribution in [0.2, 0.25) is 0 Å². The Kier molecular flexibility index (Phi) is 4.26. The van der Waals surface area contributed by atoms with Crippen molar-refractivity contribution in [1.82, 2.24) is 10.2 Å². The Morgan fingerprint density at radius 2 is 2.24 bits per heavy atom. The highest BCUT2D eigenvalue weighted by Gasteiger charge is 2.23. The average Bonchev–Trinajstić information content (AvgIpc) is 3.08. The first-order valence-corrected chi connectivity index (χ1v) is 7.31. The Labute approximate surface area is 124 Å². The Hall–Kier alpha value is -1.79. The van der Waals surface area contributed by atoms with Crippen molar-refractivity contribution in [2.75, 3.05) is 45.3 Å². The minimum absolute atomic E-state index is 0.0129. The molecule has 6 heteroatoms. The van der Waals surface area contributed by atoms with Crippen LogP contribution >= 0.6 is 0 Å². The molecule has 1 aromatic carbocycles. The lowest BCUT2D eigenvalue weighted by Crippen LogP contribution is -2.32. The number of nitrogens with zero attached hydrogens (tertiary/aromatic N) is 1. The molecule has 0 saturated carbocycles. The number of anilines is 1. The molecule has 0 aliphatic carbocycles. The Balaban J connectivity index is 1.50. The van der Waals surface area contributed by atoms with Crippen LogP contribution in [0.3, 0.4) is 0 Å². The number of ether oxygens (including phenoxy) is 2. The molecule has 2 aliphatic heterocycles. The molecular weight excluding hydrogens is 270 g/mol. The number of fused-ring (bicyclic) bond motifs is 1. The summed E-state index contributed by atoms with van der Waals surface area (Å²) >= 11 is 0. The van der Waals surface area contributed by atoms with Gasteiger partial charge in [-0.2, -0.15) is 0 Å². The molecule has 2 N–H and O–H groups in total. The van der Waals surface area contributed by atoms with Crippen molar-refractivity contribution in [3.63, 3.8) is 0 Å². The fraction of sp³-hybridized carbons (Fsp3) is 0.533. The van der Waals surface area contributed by atoms with Crippen molar-refractivity contribution in [1.29, 1.82) is 0 Å². The molecule has 1 atom stereocenters. The monoisotopic (exact) mass is 291 g/mol. The molecule has 0 bridgehead atoms. The molecule has 0 radical (unpaired) electrons. The quantitative estimate of drug-likeness (QED) is 0.844. The molecule has 0 spiro atoms. The van der Waals surface area contributed by atoms with Gasteiger partial charge in [-0.05, 0) is 44.6 Å². The van der Waals surface area contributed by atoms with Gasteiger partial charge >= 0.3 is 0 Å². The van der Waals surface area contributed by atoms with Crippen LogP contribution in [0.5, 0.6) is 11.5 Å². The Bertz CT molecular complexity index is 521. The SMILES string of the molecule is CNCC1CCN(CC(=O)Nc2ccc3c(c2)OCO3)C1. The van der Waals surface area contributed by atoms with E-state index in [2.05, 4.69) is 15.5 Å². The van der Waals surface area contributed by atoms with Crippen molar-refractivity contribution >= 4 is 11.6 Å². The summed E-state index contributed by atoms with van der Waals surface area (Å²) in [5.41, 5.74) is 0.746. The molecule has 2 aliphatic rings. The van der Waals surface area contributed by atoms with Crippen LogP contribution in [-0.2, 0) is 4.79 Å². The van der Waals surface area contributed by atoms with Gasteiger partial charge in [0.1, 0.15) is 0 Å². The van der Waals surface area contributed by atoms with E-state index in [1.54, 1.807) is 6.07 Å². The van der Waals surface area contributed by atoms with Crippen molar-refractivity contribution in [2.45, 2.75) is 6.42 Å². The molecule has 0 aromatic heterocycles. The summed E-state index contributed by atoms with van der Waals surface area (Å²) in [5, 5.41) is 6.11. The number of likely N-dealkylation sites (tertiary alicyclic amines) is 1. The van der Waals surface area contributed by atoms with E-state index in [1.807, 2.05) is 19.2 Å². The molecule has 1 aromatic rings. The zero-order chi connectivity index (χ0) is 14.7. The predicted molar refractivity (Wildman–Crippen MR) is 79.7 cm³/mol. The number of benzene rings is 1. The van der Waals surface area contributed by atoms with Gasteiger partial charge in [0.05, 0.1) is 6.54 Å². The van der Waals surface area contributed by atoms with Crippen molar-refractivity contribution in [2.24, 2.45) is 5.92 Å². The van der Waals surface area contributed by atoms with E-state index in [9.17, 15) is 4.79 Å². The molecule has 1 unspecified atom stereocenters. The van der Waals surface area contributed by atoms with Crippen LogP contribution in [-0.4, -0.2) is 50.8 Å². The zero-order valence-corrected chi connectivity index (χ0v) is 12.2. The minimum atomic E-state index is 0.0129. The van der Waals surface area contributed by atoms with Crippen LogP contribution < -0.4 is 20.1 Å². The maximum absolute atomic E-state index is 12.1. The van der Waals surface area contributed by atoms with Crippen LogP contribution in [0.1, 0.15) is 6.42 Å². The summed E-state index contributed by atoms with van der Waals surface area (Å²) in [6.07, 6.45) is 1.15. The van der Waals surface area contributed by atoms with Gasteiger partial charge in [-0.25, -0.2) is 0 Å². The van der Waals surface area contributed by atoms with E-state index in [1.165, 1.54) is 0 Å². The molecular formula is C15H21N3O3. The number of nitrogens with one attached hydrogen (secondary N) is 2. The minimum Gasteiger partial charge on any atom is -0.454 e. The maximum atomic E-state index is 12.1. The summed E-state index contributed by atoms with van der Waals surface area (Å²) in [7, 11) is 1.97. The highest BCUT2D eigenvalue weighted by molar-refractivity contribution is 5.92. The first kappa shape index (κ1) is 14.2. The highest BCUT2D eigenvalue weighted by Crippen LogP contribution is 2.34. The normalized spacial score (nSPS) is 20.7. The Morgan fingerprint density at radius 3 is 3.10 bits per heavy atom. The van der Waals surface area contributed by atoms with E-state index in [0.717, 1.165) is 37.5 Å². The lowest BCUT2D eigenvalue weighted by atomic mass is 10.1. The molecule has 2 heterocycles. The first-order chi connectivity index (χ1) is 10.2. The van der Waals surface area contributed by atoms with Crippen molar-refractivity contribution in [3.8, 4) is 11.5 Å². The van der Waals surface area contributed by atoms with Crippen LogP contribution in [0.25, 0.3) is 0 Å². The van der Waals surface area contributed by atoms with E-state index in [0.29, 0.717) is 18.2 Å². The first-order valence-electron chi connectivity index (χ1n) is 7.31. The number of amides is 1. The highest BCUT2D eigenvalue weighted by atomic mass is 16.7. The summed E-state index contributed by atoms with van der Waals surface area (Å²) in [6, 6.07) is 5.45. The molecule has 114 valence electrons. The molecule has 21 heavy (non-hydrogen) atoms. The van der Waals surface area contributed by atoms with Crippen molar-refractivity contribution < 1.29 is 14.3 Å². The molecule has 6 nitrogen and oxygen atoms in total. The third-order valence-electron chi connectivity index (χ3n) is 3.89. The number of hydrogen-bond donors (Lipinski definition) is 2. The lowest BCUT2D eigenvalue weighted by molar-refractivity contribution is -0.117. The van der Waals surface area contributed by atoms with E-state index >= 15 is 0 Å². The summed E-state index contributed by atoms with van der Waals surface area (Å²) < 4.78 is 10.6. The van der Waals surface area contributed by atoms with Gasteiger partial charge in [0.25, 0.3) is 0 Å². The zero-order valence-electron chi connectivity index (χ0n) is 12.2. The largest absolute Gasteiger partial charge is 0.454 e. The average molecular weight is 291 g/mol. The Morgan fingerprint density at radius 1 is 1.38 bits per heavy atom. The van der Waals surface area contributed by atoms with Gasteiger partial charge in [-0.15, -0.1) is 0 Å². The van der Waals surface area contributed by atoms with Gasteiger partial charge in [-0.3, -0.25) is 9.69 Å². The molecule has 1 amide bonds. The topological polar surface area (TPSA) is 62.8 Å². The summed E-state index contributed by atoms with van der Waals surface area (Å²) in [5.74, 6) is 2.07. The summed E-state index contributed by atoms with van der Waals surface area (Å²) in [4.78, 5) is 14.3. The van der Waals surface area contributed by atoms with Gasteiger partial charge in [0.2, 0.25) is 12.7 Å². The van der Waals surface area contributed by atoms with Crippen LogP contribution in [0.15, 0.2) is 18.2 Å². The fourth-order valence-electron chi connectivity index (χ4n) is 2.89. The third kappa shape index (κ3) is 3.46.